The second kappa shape index (κ2) is 8.76. The molecule has 0 bridgehead atoms. The van der Waals surface area contributed by atoms with Gasteiger partial charge in [0.2, 0.25) is 5.78 Å². The highest BCUT2D eigenvalue weighted by atomic mass is 19.1. The zero-order valence-corrected chi connectivity index (χ0v) is 18.6. The Bertz CT molecular complexity index is 1490. The lowest BCUT2D eigenvalue weighted by Crippen LogP contribution is -2.17. The molecule has 1 aromatic heterocycles. The molecule has 0 fully saturated rings. The van der Waals surface area contributed by atoms with Gasteiger partial charge in [-0.15, -0.1) is 6.42 Å². The van der Waals surface area contributed by atoms with Crippen LogP contribution >= 0.6 is 0 Å². The first-order valence-corrected chi connectivity index (χ1v) is 10.4. The standard InChI is InChI=1S/C28H22FNO3/c1-5-21(31)15-19-9-8-12-25(33-27-17(2)13-20(29)14-18(27)3)26(19)24-16-30(4)28(32)23-11-7-6-10-22(23)24/h1,6-14,16H,15H2,2-4H3. The number of rotatable bonds is 5. The molecule has 0 aliphatic rings. The van der Waals surface area contributed by atoms with Crippen LogP contribution in [0.3, 0.4) is 0 Å². The fourth-order valence-electron chi connectivity index (χ4n) is 4.12. The fourth-order valence-corrected chi connectivity index (χ4v) is 4.12. The molecule has 0 amide bonds. The van der Waals surface area contributed by atoms with Crippen molar-refractivity contribution < 1.29 is 13.9 Å². The fraction of sp³-hybridized carbons (Fsp3) is 0.143. The molecular weight excluding hydrogens is 417 g/mol. The van der Waals surface area contributed by atoms with E-state index in [1.54, 1.807) is 45.3 Å². The molecule has 0 unspecified atom stereocenters. The van der Waals surface area contributed by atoms with Gasteiger partial charge in [-0.1, -0.05) is 30.3 Å². The number of benzene rings is 3. The van der Waals surface area contributed by atoms with Gasteiger partial charge in [0.05, 0.1) is 0 Å². The molecule has 0 radical (unpaired) electrons. The first kappa shape index (κ1) is 22.0. The van der Waals surface area contributed by atoms with Crippen LogP contribution in [0.1, 0.15) is 16.7 Å². The Labute approximate surface area is 191 Å². The normalized spacial score (nSPS) is 10.8. The molecule has 0 atom stereocenters. The maximum atomic E-state index is 13.9. The topological polar surface area (TPSA) is 48.3 Å². The highest BCUT2D eigenvalue weighted by molar-refractivity contribution is 6.01. The number of hydrogen-bond acceptors (Lipinski definition) is 3. The molecule has 0 N–H and O–H groups in total. The van der Waals surface area contributed by atoms with E-state index in [4.69, 9.17) is 11.2 Å². The number of halogens is 1. The largest absolute Gasteiger partial charge is 0.456 e. The maximum absolute atomic E-state index is 13.9. The summed E-state index contributed by atoms with van der Waals surface area (Å²) in [7, 11) is 1.68. The molecule has 164 valence electrons. The number of pyridine rings is 1. The zero-order valence-electron chi connectivity index (χ0n) is 18.6. The number of aryl methyl sites for hydroxylation is 3. The minimum Gasteiger partial charge on any atom is -0.456 e. The molecule has 4 aromatic rings. The van der Waals surface area contributed by atoms with Crippen LogP contribution in [0.5, 0.6) is 11.5 Å². The summed E-state index contributed by atoms with van der Waals surface area (Å²) in [5.41, 5.74) is 3.25. The van der Waals surface area contributed by atoms with E-state index in [1.807, 2.05) is 24.3 Å². The summed E-state index contributed by atoms with van der Waals surface area (Å²) in [6, 6.07) is 15.5. The van der Waals surface area contributed by atoms with Gasteiger partial charge < -0.3 is 9.30 Å². The van der Waals surface area contributed by atoms with E-state index in [2.05, 4.69) is 5.92 Å². The van der Waals surface area contributed by atoms with Crippen molar-refractivity contribution in [2.24, 2.45) is 7.05 Å². The van der Waals surface area contributed by atoms with Gasteiger partial charge in [0.15, 0.2) is 0 Å². The van der Waals surface area contributed by atoms with Crippen molar-refractivity contribution in [2.45, 2.75) is 20.3 Å². The highest BCUT2D eigenvalue weighted by Gasteiger charge is 2.20. The number of ketones is 1. The number of nitrogens with zero attached hydrogens (tertiary/aromatic N) is 1. The molecule has 33 heavy (non-hydrogen) atoms. The van der Waals surface area contributed by atoms with Crippen LogP contribution in [0.15, 0.2) is 65.6 Å². The summed E-state index contributed by atoms with van der Waals surface area (Å²) in [6.45, 7) is 3.55. The van der Waals surface area contributed by atoms with Gasteiger partial charge >= 0.3 is 0 Å². The SMILES string of the molecule is C#CC(=O)Cc1cccc(Oc2c(C)cc(F)cc2C)c1-c1cn(C)c(=O)c2ccccc12. The first-order chi connectivity index (χ1) is 15.8. The number of carbonyl (C=O) groups is 1. The Morgan fingerprint density at radius 1 is 1.06 bits per heavy atom. The summed E-state index contributed by atoms with van der Waals surface area (Å²) in [4.78, 5) is 24.9. The van der Waals surface area contributed by atoms with Crippen molar-refractivity contribution >= 4 is 16.6 Å². The predicted molar refractivity (Wildman–Crippen MR) is 128 cm³/mol. The molecule has 0 aliphatic carbocycles. The van der Waals surface area contributed by atoms with Crippen LogP contribution in [0.4, 0.5) is 4.39 Å². The summed E-state index contributed by atoms with van der Waals surface area (Å²) in [5, 5.41) is 1.29. The zero-order chi connectivity index (χ0) is 23.7. The number of aromatic nitrogens is 1. The van der Waals surface area contributed by atoms with Crippen LogP contribution in [0.2, 0.25) is 0 Å². The van der Waals surface area contributed by atoms with Crippen LogP contribution < -0.4 is 10.3 Å². The van der Waals surface area contributed by atoms with Gasteiger partial charge in [-0.3, -0.25) is 9.59 Å². The first-order valence-electron chi connectivity index (χ1n) is 10.4. The number of Topliss-reactive ketones (excluding diaryl/α,β-unsaturated/α-hetero) is 1. The molecule has 0 saturated heterocycles. The number of ether oxygens (including phenoxy) is 1. The Morgan fingerprint density at radius 3 is 2.39 bits per heavy atom. The van der Waals surface area contributed by atoms with E-state index in [-0.39, 0.29) is 23.6 Å². The lowest BCUT2D eigenvalue weighted by Gasteiger charge is -2.19. The Balaban J connectivity index is 2.03. The highest BCUT2D eigenvalue weighted by Crippen LogP contribution is 2.40. The van der Waals surface area contributed by atoms with Crippen LogP contribution in [-0.2, 0) is 18.3 Å². The van der Waals surface area contributed by atoms with Gasteiger partial charge in [-0.05, 0) is 66.1 Å². The summed E-state index contributed by atoms with van der Waals surface area (Å²) < 4.78 is 21.7. The van der Waals surface area contributed by atoms with Gasteiger partial charge in [0.25, 0.3) is 5.56 Å². The van der Waals surface area contributed by atoms with E-state index in [9.17, 15) is 14.0 Å². The third-order valence-electron chi connectivity index (χ3n) is 5.62. The maximum Gasteiger partial charge on any atom is 0.258 e. The van der Waals surface area contributed by atoms with Crippen LogP contribution in [-0.4, -0.2) is 10.4 Å². The molecule has 0 spiro atoms. The lowest BCUT2D eigenvalue weighted by molar-refractivity contribution is -0.113. The molecule has 1 heterocycles. The number of terminal acetylenes is 1. The molecular formula is C28H22FNO3. The van der Waals surface area contributed by atoms with Crippen molar-refractivity contribution in [3.8, 4) is 35.0 Å². The van der Waals surface area contributed by atoms with Crippen molar-refractivity contribution in [3.63, 3.8) is 0 Å². The second-order valence-corrected chi connectivity index (χ2v) is 8.01. The van der Waals surface area contributed by atoms with E-state index in [0.29, 0.717) is 39.1 Å². The Kier molecular flexibility index (Phi) is 5.85. The van der Waals surface area contributed by atoms with E-state index < -0.39 is 0 Å². The molecule has 4 nitrogen and oxygen atoms in total. The number of carbonyl (C=O) groups excluding carboxylic acids is 1. The summed E-state index contributed by atoms with van der Waals surface area (Å²) in [6.07, 6.45) is 7.10. The van der Waals surface area contributed by atoms with Crippen LogP contribution in [0.25, 0.3) is 21.9 Å². The molecule has 3 aromatic carbocycles. The molecule has 0 saturated carbocycles. The van der Waals surface area contributed by atoms with E-state index in [1.165, 1.54) is 16.7 Å². The summed E-state index contributed by atoms with van der Waals surface area (Å²) >= 11 is 0. The Hall–Kier alpha value is -4.17. The van der Waals surface area contributed by atoms with Crippen molar-refractivity contribution in [1.29, 1.82) is 0 Å². The Morgan fingerprint density at radius 2 is 1.73 bits per heavy atom. The minimum atomic E-state index is -0.364. The average Bonchev–Trinajstić information content (AvgIpc) is 2.79. The molecule has 4 rings (SSSR count). The van der Waals surface area contributed by atoms with Gasteiger partial charge in [0, 0.05) is 36.2 Å². The third-order valence-corrected chi connectivity index (χ3v) is 5.62. The van der Waals surface area contributed by atoms with Gasteiger partial charge in [-0.2, -0.15) is 0 Å². The lowest BCUT2D eigenvalue weighted by atomic mass is 9.93. The number of fused-ring (bicyclic) bond motifs is 1. The quantitative estimate of drug-likeness (QED) is 0.305. The second-order valence-electron chi connectivity index (χ2n) is 8.01. The third kappa shape index (κ3) is 4.16. The smallest absolute Gasteiger partial charge is 0.258 e. The van der Waals surface area contributed by atoms with Crippen molar-refractivity contribution in [3.05, 3.63) is 93.7 Å². The van der Waals surface area contributed by atoms with Crippen LogP contribution in [0, 0.1) is 32.0 Å². The van der Waals surface area contributed by atoms with E-state index in [0.717, 1.165) is 10.9 Å². The number of hydrogen-bond donors (Lipinski definition) is 0. The molecule has 5 heteroatoms. The monoisotopic (exact) mass is 439 g/mol. The predicted octanol–water partition coefficient (Wildman–Crippen LogP) is 5.50. The van der Waals surface area contributed by atoms with E-state index >= 15 is 0 Å². The van der Waals surface area contributed by atoms with Gasteiger partial charge in [0.1, 0.15) is 17.3 Å². The summed E-state index contributed by atoms with van der Waals surface area (Å²) in [5.74, 6) is 2.48. The molecule has 0 aliphatic heterocycles. The van der Waals surface area contributed by atoms with Crippen molar-refractivity contribution in [1.82, 2.24) is 4.57 Å². The van der Waals surface area contributed by atoms with Crippen molar-refractivity contribution in [2.75, 3.05) is 0 Å². The van der Waals surface area contributed by atoms with Gasteiger partial charge in [-0.25, -0.2) is 4.39 Å². The minimum absolute atomic E-state index is 0.0155. The average molecular weight is 439 g/mol.